The minimum atomic E-state index is -2.36. The van der Waals surface area contributed by atoms with Crippen LogP contribution in [0.1, 0.15) is 13.8 Å². The second-order valence-corrected chi connectivity index (χ2v) is 4.99. The second kappa shape index (κ2) is 5.83. The molecule has 0 bridgehead atoms. The van der Waals surface area contributed by atoms with E-state index >= 15 is 0 Å². The average Bonchev–Trinajstić information content (AvgIpc) is 2.28. The zero-order valence-corrected chi connectivity index (χ0v) is 10.2. The third kappa shape index (κ3) is 3.47. The summed E-state index contributed by atoms with van der Waals surface area (Å²) in [6.45, 7) is 3.15. The minimum Gasteiger partial charge on any atom is -0.481 e. The first-order chi connectivity index (χ1) is 7.52. The van der Waals surface area contributed by atoms with Crippen LogP contribution in [0.15, 0.2) is 30.3 Å². The van der Waals surface area contributed by atoms with Gasteiger partial charge >= 0.3 is 5.97 Å². The summed E-state index contributed by atoms with van der Waals surface area (Å²) in [5.41, 5.74) is 0. The highest BCUT2D eigenvalue weighted by Crippen LogP contribution is 2.26. The van der Waals surface area contributed by atoms with Crippen LogP contribution >= 0.6 is 8.03 Å². The van der Waals surface area contributed by atoms with Crippen LogP contribution in [0.5, 0.6) is 0 Å². The smallest absolute Gasteiger partial charge is 0.308 e. The Kier molecular flexibility index (Phi) is 4.71. The van der Waals surface area contributed by atoms with Gasteiger partial charge in [0.05, 0.1) is 12.0 Å². The summed E-state index contributed by atoms with van der Waals surface area (Å²) in [5.74, 6) is -1.62. The second-order valence-electron chi connectivity index (χ2n) is 3.60. The van der Waals surface area contributed by atoms with E-state index in [0.29, 0.717) is 5.30 Å². The van der Waals surface area contributed by atoms with Crippen LogP contribution in [0.25, 0.3) is 0 Å². The number of carboxylic acid groups (broad SMARTS) is 1. The Balaban J connectivity index is 2.62. The molecule has 0 aliphatic carbocycles. The Morgan fingerprint density at radius 2 is 1.88 bits per heavy atom. The standard InChI is InChI=1S/C11H15O4P/c1-8(11(12)13)9(2)15-16(14)10-6-4-3-5-7-10/h3-9,16H,1-2H3,(H,12,13). The van der Waals surface area contributed by atoms with E-state index < -0.39 is 26.0 Å². The van der Waals surface area contributed by atoms with Gasteiger partial charge in [-0.1, -0.05) is 18.2 Å². The molecule has 1 rings (SSSR count). The zero-order valence-electron chi connectivity index (χ0n) is 9.21. The summed E-state index contributed by atoms with van der Waals surface area (Å²) < 4.78 is 17.0. The fourth-order valence-corrected chi connectivity index (χ4v) is 2.26. The number of hydrogen-bond donors (Lipinski definition) is 1. The monoisotopic (exact) mass is 242 g/mol. The summed E-state index contributed by atoms with van der Waals surface area (Å²) in [5, 5.41) is 9.37. The molecule has 0 spiro atoms. The summed E-state index contributed by atoms with van der Waals surface area (Å²) in [6, 6.07) is 8.78. The fourth-order valence-electron chi connectivity index (χ4n) is 1.11. The molecule has 3 atom stereocenters. The van der Waals surface area contributed by atoms with Crippen LogP contribution in [-0.4, -0.2) is 17.2 Å². The van der Waals surface area contributed by atoms with E-state index in [-0.39, 0.29) is 0 Å². The summed E-state index contributed by atoms with van der Waals surface area (Å²) >= 11 is 0. The Hall–Kier alpha value is -1.12. The molecule has 0 fully saturated rings. The first-order valence-corrected chi connectivity index (χ1v) is 6.33. The predicted octanol–water partition coefficient (Wildman–Crippen LogP) is 1.91. The van der Waals surface area contributed by atoms with Gasteiger partial charge in [0, 0.05) is 5.30 Å². The number of carbonyl (C=O) groups is 1. The predicted molar refractivity (Wildman–Crippen MR) is 62.4 cm³/mol. The molecule has 0 aliphatic heterocycles. The number of hydrogen-bond acceptors (Lipinski definition) is 3. The van der Waals surface area contributed by atoms with Crippen molar-refractivity contribution in [2.75, 3.05) is 0 Å². The quantitative estimate of drug-likeness (QED) is 0.801. The largest absolute Gasteiger partial charge is 0.481 e. The Morgan fingerprint density at radius 1 is 1.31 bits per heavy atom. The van der Waals surface area contributed by atoms with Crippen molar-refractivity contribution in [3.05, 3.63) is 30.3 Å². The van der Waals surface area contributed by atoms with Gasteiger partial charge < -0.3 is 9.63 Å². The fraction of sp³-hybridized carbons (Fsp3) is 0.364. The van der Waals surface area contributed by atoms with Crippen LogP contribution in [0.3, 0.4) is 0 Å². The lowest BCUT2D eigenvalue weighted by molar-refractivity contribution is -0.143. The molecule has 0 heterocycles. The molecule has 3 unspecified atom stereocenters. The van der Waals surface area contributed by atoms with Gasteiger partial charge in [0.15, 0.2) is 0 Å². The molecule has 4 nitrogen and oxygen atoms in total. The van der Waals surface area contributed by atoms with Crippen LogP contribution in [0, 0.1) is 5.92 Å². The van der Waals surface area contributed by atoms with Gasteiger partial charge in [-0.05, 0) is 26.0 Å². The minimum absolute atomic E-state index is 0.566. The SMILES string of the molecule is CC(O[PH](=O)c1ccccc1)C(C)C(=O)O. The van der Waals surface area contributed by atoms with E-state index in [0.717, 1.165) is 0 Å². The van der Waals surface area contributed by atoms with Gasteiger partial charge in [0.2, 0.25) is 8.03 Å². The molecule has 1 aromatic carbocycles. The van der Waals surface area contributed by atoms with Crippen molar-refractivity contribution in [2.24, 2.45) is 5.92 Å². The Morgan fingerprint density at radius 3 is 2.38 bits per heavy atom. The van der Waals surface area contributed by atoms with E-state index in [1.54, 1.807) is 31.2 Å². The molecule has 0 aliphatic rings. The summed E-state index contributed by atoms with van der Waals surface area (Å²) in [4.78, 5) is 10.7. The molecule has 0 aromatic heterocycles. The van der Waals surface area contributed by atoms with Crippen molar-refractivity contribution in [1.82, 2.24) is 0 Å². The third-order valence-electron chi connectivity index (χ3n) is 2.40. The maximum atomic E-state index is 11.8. The molecule has 0 saturated heterocycles. The maximum Gasteiger partial charge on any atom is 0.308 e. The third-order valence-corrected chi connectivity index (χ3v) is 3.79. The van der Waals surface area contributed by atoms with E-state index in [2.05, 4.69) is 0 Å². The van der Waals surface area contributed by atoms with Gasteiger partial charge in [-0.2, -0.15) is 0 Å². The van der Waals surface area contributed by atoms with Crippen LogP contribution in [0.4, 0.5) is 0 Å². The normalized spacial score (nSPS) is 16.4. The first-order valence-electron chi connectivity index (χ1n) is 5.01. The van der Waals surface area contributed by atoms with Gasteiger partial charge in [0.1, 0.15) is 0 Å². The van der Waals surface area contributed by atoms with Crippen molar-refractivity contribution in [3.8, 4) is 0 Å². The molecule has 88 valence electrons. The molecule has 0 radical (unpaired) electrons. The van der Waals surface area contributed by atoms with Gasteiger partial charge in [-0.15, -0.1) is 0 Å². The van der Waals surface area contributed by atoms with E-state index in [1.807, 2.05) is 6.07 Å². The van der Waals surface area contributed by atoms with E-state index in [1.165, 1.54) is 6.92 Å². The maximum absolute atomic E-state index is 11.8. The number of benzene rings is 1. The lowest BCUT2D eigenvalue weighted by Gasteiger charge is -2.16. The molecule has 1 N–H and O–H groups in total. The lowest BCUT2D eigenvalue weighted by Crippen LogP contribution is -2.24. The number of rotatable bonds is 5. The van der Waals surface area contributed by atoms with Crippen LogP contribution in [0.2, 0.25) is 0 Å². The van der Waals surface area contributed by atoms with Crippen LogP contribution < -0.4 is 5.30 Å². The summed E-state index contributed by atoms with van der Waals surface area (Å²) in [7, 11) is -2.36. The van der Waals surface area contributed by atoms with Gasteiger partial charge in [-0.3, -0.25) is 9.36 Å². The number of carboxylic acids is 1. The summed E-state index contributed by atoms with van der Waals surface area (Å²) in [6.07, 6.45) is -0.566. The van der Waals surface area contributed by atoms with Gasteiger partial charge in [-0.25, -0.2) is 0 Å². The van der Waals surface area contributed by atoms with Crippen molar-refractivity contribution >= 4 is 19.3 Å². The Labute approximate surface area is 95.1 Å². The van der Waals surface area contributed by atoms with Crippen molar-refractivity contribution in [2.45, 2.75) is 20.0 Å². The molecular formula is C11H15O4P. The van der Waals surface area contributed by atoms with Gasteiger partial charge in [0.25, 0.3) is 0 Å². The van der Waals surface area contributed by atoms with E-state index in [4.69, 9.17) is 9.63 Å². The number of aliphatic carboxylic acids is 1. The zero-order chi connectivity index (χ0) is 12.1. The average molecular weight is 242 g/mol. The molecular weight excluding hydrogens is 227 g/mol. The molecule has 0 amide bonds. The highest BCUT2D eigenvalue weighted by molar-refractivity contribution is 7.48. The molecule has 0 saturated carbocycles. The lowest BCUT2D eigenvalue weighted by atomic mass is 10.1. The Bertz CT molecular complexity index is 377. The van der Waals surface area contributed by atoms with E-state index in [9.17, 15) is 9.36 Å². The molecule has 5 heteroatoms. The molecule has 1 aromatic rings. The van der Waals surface area contributed by atoms with Crippen molar-refractivity contribution in [1.29, 1.82) is 0 Å². The highest BCUT2D eigenvalue weighted by Gasteiger charge is 2.22. The van der Waals surface area contributed by atoms with Crippen molar-refractivity contribution < 1.29 is 19.0 Å². The van der Waals surface area contributed by atoms with Crippen molar-refractivity contribution in [3.63, 3.8) is 0 Å². The molecule has 16 heavy (non-hydrogen) atoms. The topological polar surface area (TPSA) is 63.6 Å². The van der Waals surface area contributed by atoms with Crippen LogP contribution in [-0.2, 0) is 13.9 Å². The highest BCUT2D eigenvalue weighted by atomic mass is 31.1. The first kappa shape index (κ1) is 12.9.